The molecule has 0 bridgehead atoms. The lowest BCUT2D eigenvalue weighted by atomic mass is 10.00. The summed E-state index contributed by atoms with van der Waals surface area (Å²) in [6.07, 6.45) is 2.99. The summed E-state index contributed by atoms with van der Waals surface area (Å²) < 4.78 is 5.69. The molecule has 16 heavy (non-hydrogen) atoms. The van der Waals surface area contributed by atoms with E-state index in [1.807, 2.05) is 18.4 Å². The van der Waals surface area contributed by atoms with E-state index in [4.69, 9.17) is 4.74 Å². The van der Waals surface area contributed by atoms with Crippen LogP contribution in [0.25, 0.3) is 0 Å². The summed E-state index contributed by atoms with van der Waals surface area (Å²) >= 11 is 1.82. The van der Waals surface area contributed by atoms with Gasteiger partial charge in [-0.25, -0.2) is 0 Å². The number of nitrogens with one attached hydrogen (secondary N) is 1. The van der Waals surface area contributed by atoms with E-state index < -0.39 is 0 Å². The topological polar surface area (TPSA) is 21.3 Å². The van der Waals surface area contributed by atoms with Crippen molar-refractivity contribution in [1.29, 1.82) is 0 Å². The molecule has 0 amide bonds. The van der Waals surface area contributed by atoms with E-state index in [-0.39, 0.29) is 0 Å². The van der Waals surface area contributed by atoms with E-state index in [1.165, 1.54) is 23.3 Å². The lowest BCUT2D eigenvalue weighted by molar-refractivity contribution is 0.0513. The summed E-state index contributed by atoms with van der Waals surface area (Å²) in [6, 6.07) is 2.65. The summed E-state index contributed by atoms with van der Waals surface area (Å²) in [5.41, 5.74) is 1.39. The van der Waals surface area contributed by atoms with Crippen LogP contribution in [0, 0.1) is 12.8 Å². The molecule has 1 aliphatic rings. The molecule has 0 radical (unpaired) electrons. The molecule has 1 saturated carbocycles. The van der Waals surface area contributed by atoms with Gasteiger partial charge in [0, 0.05) is 12.0 Å². The standard InChI is InChI=1S/C13H21NOS/c1-4-14-12(11-7-9(2)16-8-11)13(15-3)10-5-6-10/h7-8,10,12-14H,4-6H2,1-3H3. The second kappa shape index (κ2) is 5.30. The van der Waals surface area contributed by atoms with Gasteiger partial charge in [0.15, 0.2) is 0 Å². The molecular formula is C13H21NOS. The van der Waals surface area contributed by atoms with Crippen molar-refractivity contribution in [1.82, 2.24) is 5.32 Å². The third-order valence-corrected chi connectivity index (χ3v) is 4.10. The van der Waals surface area contributed by atoms with Gasteiger partial charge in [-0.15, -0.1) is 11.3 Å². The second-order valence-corrected chi connectivity index (χ2v) is 5.68. The third kappa shape index (κ3) is 2.65. The molecule has 1 aliphatic carbocycles. The van der Waals surface area contributed by atoms with Crippen LogP contribution in [-0.4, -0.2) is 19.8 Å². The van der Waals surface area contributed by atoms with Gasteiger partial charge in [-0.2, -0.15) is 0 Å². The van der Waals surface area contributed by atoms with Crippen LogP contribution < -0.4 is 5.32 Å². The average Bonchev–Trinajstić information content (AvgIpc) is 3.01. The molecule has 1 heterocycles. The van der Waals surface area contributed by atoms with Crippen LogP contribution >= 0.6 is 11.3 Å². The van der Waals surface area contributed by atoms with E-state index in [1.54, 1.807) is 0 Å². The Morgan fingerprint density at radius 3 is 2.75 bits per heavy atom. The lowest BCUT2D eigenvalue weighted by Crippen LogP contribution is -2.34. The molecule has 2 rings (SSSR count). The van der Waals surface area contributed by atoms with Crippen LogP contribution in [0.4, 0.5) is 0 Å². The highest BCUT2D eigenvalue weighted by atomic mass is 32.1. The number of thiophene rings is 1. The van der Waals surface area contributed by atoms with E-state index >= 15 is 0 Å². The second-order valence-electron chi connectivity index (χ2n) is 4.56. The van der Waals surface area contributed by atoms with Crippen LogP contribution in [0.15, 0.2) is 11.4 Å². The van der Waals surface area contributed by atoms with Crippen LogP contribution in [-0.2, 0) is 4.74 Å². The molecular weight excluding hydrogens is 218 g/mol. The molecule has 2 nitrogen and oxygen atoms in total. The van der Waals surface area contributed by atoms with E-state index in [2.05, 4.69) is 30.6 Å². The Kier molecular flexibility index (Phi) is 4.00. The predicted molar refractivity (Wildman–Crippen MR) is 69.0 cm³/mol. The molecule has 90 valence electrons. The third-order valence-electron chi connectivity index (χ3n) is 3.22. The maximum atomic E-state index is 5.69. The molecule has 0 saturated heterocycles. The molecule has 2 atom stereocenters. The first-order valence-electron chi connectivity index (χ1n) is 6.07. The highest BCUT2D eigenvalue weighted by Crippen LogP contribution is 2.40. The van der Waals surface area contributed by atoms with Gasteiger partial charge in [0.05, 0.1) is 12.1 Å². The number of aryl methyl sites for hydroxylation is 1. The molecule has 2 unspecified atom stereocenters. The highest BCUT2D eigenvalue weighted by Gasteiger charge is 2.37. The number of likely N-dealkylation sites (N-methyl/N-ethyl adjacent to an activating group) is 1. The Morgan fingerprint density at radius 2 is 2.31 bits per heavy atom. The van der Waals surface area contributed by atoms with Gasteiger partial charge >= 0.3 is 0 Å². The summed E-state index contributed by atoms with van der Waals surface area (Å²) in [4.78, 5) is 1.38. The van der Waals surface area contributed by atoms with E-state index in [0.717, 1.165) is 12.5 Å². The van der Waals surface area contributed by atoms with Gasteiger partial charge in [-0.1, -0.05) is 6.92 Å². The first-order chi connectivity index (χ1) is 7.76. The van der Waals surface area contributed by atoms with E-state index in [9.17, 15) is 0 Å². The smallest absolute Gasteiger partial charge is 0.0794 e. The fraction of sp³-hybridized carbons (Fsp3) is 0.692. The fourth-order valence-electron chi connectivity index (χ4n) is 2.30. The minimum absolute atomic E-state index is 0.342. The molecule has 3 heteroatoms. The van der Waals surface area contributed by atoms with Crippen LogP contribution in [0.1, 0.15) is 36.2 Å². The Hall–Kier alpha value is -0.380. The molecule has 1 aromatic rings. The molecule has 1 fully saturated rings. The molecule has 0 aromatic carbocycles. The number of hydrogen-bond acceptors (Lipinski definition) is 3. The van der Waals surface area contributed by atoms with Crippen molar-refractivity contribution in [3.63, 3.8) is 0 Å². The van der Waals surface area contributed by atoms with Crippen molar-refractivity contribution in [2.45, 2.75) is 38.8 Å². The van der Waals surface area contributed by atoms with Gasteiger partial charge < -0.3 is 10.1 Å². The largest absolute Gasteiger partial charge is 0.379 e. The Bertz CT molecular complexity index is 332. The SMILES string of the molecule is CCNC(c1csc(C)c1)C(OC)C1CC1. The molecule has 0 spiro atoms. The summed E-state index contributed by atoms with van der Waals surface area (Å²) in [7, 11) is 1.84. The summed E-state index contributed by atoms with van der Waals surface area (Å²) in [5, 5.41) is 5.83. The fourth-order valence-corrected chi connectivity index (χ4v) is 3.04. The van der Waals surface area contributed by atoms with Gasteiger partial charge in [0.25, 0.3) is 0 Å². The minimum atomic E-state index is 0.342. The normalized spacial score (nSPS) is 19.7. The number of rotatable bonds is 6. The predicted octanol–water partition coefficient (Wildman–Crippen LogP) is 3.13. The van der Waals surface area contributed by atoms with Gasteiger partial charge in [-0.3, -0.25) is 0 Å². The summed E-state index contributed by atoms with van der Waals surface area (Å²) in [6.45, 7) is 5.31. The zero-order valence-corrected chi connectivity index (χ0v) is 11.1. The number of hydrogen-bond donors (Lipinski definition) is 1. The van der Waals surface area contributed by atoms with Gasteiger partial charge in [0.1, 0.15) is 0 Å². The van der Waals surface area contributed by atoms with Crippen LogP contribution in [0.5, 0.6) is 0 Å². The molecule has 1 aromatic heterocycles. The highest BCUT2D eigenvalue weighted by molar-refractivity contribution is 7.10. The number of ether oxygens (including phenoxy) is 1. The first-order valence-corrected chi connectivity index (χ1v) is 6.95. The Labute approximate surface area is 102 Å². The van der Waals surface area contributed by atoms with Crippen molar-refractivity contribution >= 4 is 11.3 Å². The number of methoxy groups -OCH3 is 1. The van der Waals surface area contributed by atoms with Crippen LogP contribution in [0.3, 0.4) is 0 Å². The average molecular weight is 239 g/mol. The van der Waals surface area contributed by atoms with Crippen molar-refractivity contribution in [3.05, 3.63) is 21.9 Å². The monoisotopic (exact) mass is 239 g/mol. The Balaban J connectivity index is 2.14. The Morgan fingerprint density at radius 1 is 1.56 bits per heavy atom. The zero-order valence-electron chi connectivity index (χ0n) is 10.3. The van der Waals surface area contributed by atoms with Crippen LogP contribution in [0.2, 0.25) is 0 Å². The van der Waals surface area contributed by atoms with Crippen molar-refractivity contribution in [2.75, 3.05) is 13.7 Å². The van der Waals surface area contributed by atoms with E-state index in [0.29, 0.717) is 12.1 Å². The van der Waals surface area contributed by atoms with Gasteiger partial charge in [-0.05, 0) is 49.2 Å². The zero-order chi connectivity index (χ0) is 11.5. The maximum Gasteiger partial charge on any atom is 0.0794 e. The van der Waals surface area contributed by atoms with Crippen molar-refractivity contribution in [2.24, 2.45) is 5.92 Å². The van der Waals surface area contributed by atoms with Gasteiger partial charge in [0.2, 0.25) is 0 Å². The molecule has 1 N–H and O–H groups in total. The quantitative estimate of drug-likeness (QED) is 0.823. The first kappa shape index (κ1) is 12.1. The van der Waals surface area contributed by atoms with Crippen molar-refractivity contribution in [3.8, 4) is 0 Å². The summed E-state index contributed by atoms with van der Waals surface area (Å²) in [5.74, 6) is 0.759. The lowest BCUT2D eigenvalue weighted by Gasteiger charge is -2.26. The maximum absolute atomic E-state index is 5.69. The molecule has 0 aliphatic heterocycles. The van der Waals surface area contributed by atoms with Crippen molar-refractivity contribution < 1.29 is 4.74 Å². The minimum Gasteiger partial charge on any atom is -0.379 e.